The van der Waals surface area contributed by atoms with E-state index in [1.807, 2.05) is 13.0 Å². The van der Waals surface area contributed by atoms with Gasteiger partial charge in [-0.2, -0.15) is 5.10 Å². The summed E-state index contributed by atoms with van der Waals surface area (Å²) < 4.78 is 10.0. The number of anilines is 1. The molecule has 2 amide bonds. The van der Waals surface area contributed by atoms with Gasteiger partial charge in [-0.25, -0.2) is 10.2 Å². The van der Waals surface area contributed by atoms with Crippen LogP contribution in [0.3, 0.4) is 0 Å². The van der Waals surface area contributed by atoms with Gasteiger partial charge in [-0.05, 0) is 24.6 Å². The third-order valence-corrected chi connectivity index (χ3v) is 3.10. The highest BCUT2D eigenvalue weighted by atomic mass is 16.5. The van der Waals surface area contributed by atoms with Crippen LogP contribution in [0.1, 0.15) is 18.4 Å². The largest absolute Gasteiger partial charge is 0.495 e. The molecule has 0 aromatic heterocycles. The number of benzene rings is 1. The van der Waals surface area contributed by atoms with Crippen LogP contribution in [0.15, 0.2) is 23.3 Å². The minimum Gasteiger partial charge on any atom is -0.495 e. The van der Waals surface area contributed by atoms with Crippen LogP contribution in [0.4, 0.5) is 5.69 Å². The van der Waals surface area contributed by atoms with Crippen LogP contribution < -0.4 is 15.5 Å². The van der Waals surface area contributed by atoms with E-state index in [4.69, 9.17) is 9.47 Å². The predicted molar refractivity (Wildman–Crippen MR) is 82.1 cm³/mol. The van der Waals surface area contributed by atoms with E-state index < -0.39 is 18.5 Å². The number of hydrogen-bond acceptors (Lipinski definition) is 6. The van der Waals surface area contributed by atoms with Crippen LogP contribution in [-0.2, 0) is 19.1 Å². The first kappa shape index (κ1) is 16.5. The van der Waals surface area contributed by atoms with E-state index in [0.717, 1.165) is 5.56 Å². The van der Waals surface area contributed by atoms with Crippen LogP contribution in [-0.4, -0.2) is 37.2 Å². The lowest BCUT2D eigenvalue weighted by Gasteiger charge is -2.13. The second kappa shape index (κ2) is 7.39. The highest BCUT2D eigenvalue weighted by Crippen LogP contribution is 2.24. The van der Waals surface area contributed by atoms with Crippen molar-refractivity contribution in [2.24, 2.45) is 5.10 Å². The fourth-order valence-corrected chi connectivity index (χ4v) is 1.94. The number of rotatable bonds is 5. The molecule has 2 N–H and O–H groups in total. The van der Waals surface area contributed by atoms with Crippen molar-refractivity contribution in [2.75, 3.05) is 19.0 Å². The molecule has 1 aromatic carbocycles. The summed E-state index contributed by atoms with van der Waals surface area (Å²) in [6.07, 6.45) is 0.360. The molecule has 0 radical (unpaired) electrons. The zero-order valence-electron chi connectivity index (χ0n) is 12.8. The number of hydrazone groups is 1. The zero-order valence-corrected chi connectivity index (χ0v) is 12.8. The summed E-state index contributed by atoms with van der Waals surface area (Å²) in [5, 5.41) is 6.22. The van der Waals surface area contributed by atoms with Crippen LogP contribution in [0.5, 0.6) is 5.75 Å². The van der Waals surface area contributed by atoms with Gasteiger partial charge >= 0.3 is 5.97 Å². The summed E-state index contributed by atoms with van der Waals surface area (Å²) in [4.78, 5) is 34.5. The molecule has 2 rings (SSSR count). The van der Waals surface area contributed by atoms with Gasteiger partial charge in [0.15, 0.2) is 6.61 Å². The second-order valence-electron chi connectivity index (χ2n) is 4.92. The van der Waals surface area contributed by atoms with E-state index in [0.29, 0.717) is 11.4 Å². The van der Waals surface area contributed by atoms with Crippen molar-refractivity contribution in [1.29, 1.82) is 0 Å². The molecule has 0 aliphatic carbocycles. The molecular weight excluding hydrogens is 302 g/mol. The van der Waals surface area contributed by atoms with Crippen LogP contribution in [0.2, 0.25) is 0 Å². The van der Waals surface area contributed by atoms with E-state index in [1.165, 1.54) is 7.11 Å². The highest BCUT2D eigenvalue weighted by Gasteiger charge is 2.20. The van der Waals surface area contributed by atoms with Gasteiger partial charge in [0.05, 0.1) is 12.8 Å². The van der Waals surface area contributed by atoms with E-state index in [-0.39, 0.29) is 24.5 Å². The van der Waals surface area contributed by atoms with Crippen molar-refractivity contribution < 1.29 is 23.9 Å². The average molecular weight is 319 g/mol. The minimum atomic E-state index is -0.726. The Morgan fingerprint density at radius 2 is 2.13 bits per heavy atom. The van der Waals surface area contributed by atoms with Crippen molar-refractivity contribution in [1.82, 2.24) is 5.43 Å². The summed E-state index contributed by atoms with van der Waals surface area (Å²) in [5.74, 6) is -0.973. The summed E-state index contributed by atoms with van der Waals surface area (Å²) in [5.41, 5.74) is 3.73. The maximum absolute atomic E-state index is 11.9. The summed E-state index contributed by atoms with van der Waals surface area (Å²) in [7, 11) is 1.50. The molecule has 0 fully saturated rings. The summed E-state index contributed by atoms with van der Waals surface area (Å²) in [6, 6.07) is 5.33. The SMILES string of the molecule is COc1ccc(C)cc1NC(=O)COC(=O)C1=NNC(=O)CC1. The fraction of sp³-hybridized carbons (Fsp3) is 0.333. The molecule has 0 spiro atoms. The average Bonchev–Trinajstić information content (AvgIpc) is 2.53. The maximum atomic E-state index is 11.9. The third-order valence-electron chi connectivity index (χ3n) is 3.10. The number of esters is 1. The Hall–Kier alpha value is -2.90. The normalized spacial score (nSPS) is 13.7. The predicted octanol–water partition coefficient (Wildman–Crippen LogP) is 0.751. The van der Waals surface area contributed by atoms with Gasteiger partial charge in [0.25, 0.3) is 5.91 Å². The van der Waals surface area contributed by atoms with Crippen LogP contribution in [0.25, 0.3) is 0 Å². The quantitative estimate of drug-likeness (QED) is 0.779. The number of carbonyl (C=O) groups is 3. The van der Waals surface area contributed by atoms with E-state index >= 15 is 0 Å². The van der Waals surface area contributed by atoms with E-state index in [9.17, 15) is 14.4 Å². The van der Waals surface area contributed by atoms with Gasteiger partial charge in [-0.15, -0.1) is 0 Å². The van der Waals surface area contributed by atoms with Crippen LogP contribution in [0, 0.1) is 6.92 Å². The number of carbonyl (C=O) groups excluding carboxylic acids is 3. The Kier molecular flexibility index (Phi) is 5.29. The number of nitrogens with zero attached hydrogens (tertiary/aromatic N) is 1. The van der Waals surface area contributed by atoms with E-state index in [2.05, 4.69) is 15.8 Å². The van der Waals surface area contributed by atoms with Gasteiger partial charge in [0.2, 0.25) is 5.91 Å². The lowest BCUT2D eigenvalue weighted by atomic mass is 10.2. The molecule has 122 valence electrons. The Balaban J connectivity index is 1.89. The molecule has 8 nitrogen and oxygen atoms in total. The number of nitrogens with one attached hydrogen (secondary N) is 2. The van der Waals surface area contributed by atoms with Gasteiger partial charge in [-0.1, -0.05) is 6.07 Å². The van der Waals surface area contributed by atoms with Crippen molar-refractivity contribution in [3.05, 3.63) is 23.8 Å². The van der Waals surface area contributed by atoms with Crippen LogP contribution >= 0.6 is 0 Å². The molecule has 0 unspecified atom stereocenters. The monoisotopic (exact) mass is 319 g/mol. The molecule has 8 heteroatoms. The Labute approximate surface area is 132 Å². The number of ether oxygens (including phenoxy) is 2. The number of methoxy groups -OCH3 is 1. The lowest BCUT2D eigenvalue weighted by Crippen LogP contribution is -2.32. The smallest absolute Gasteiger partial charge is 0.355 e. The van der Waals surface area contributed by atoms with Crippen molar-refractivity contribution >= 4 is 29.2 Å². The minimum absolute atomic E-state index is 0.0885. The summed E-state index contributed by atoms with van der Waals surface area (Å²) in [6.45, 7) is 1.42. The second-order valence-corrected chi connectivity index (χ2v) is 4.92. The third kappa shape index (κ3) is 4.53. The Morgan fingerprint density at radius 1 is 1.35 bits per heavy atom. The highest BCUT2D eigenvalue weighted by molar-refractivity contribution is 6.37. The lowest BCUT2D eigenvalue weighted by molar-refractivity contribution is -0.140. The first-order valence-corrected chi connectivity index (χ1v) is 6.96. The number of amides is 2. The topological polar surface area (TPSA) is 106 Å². The van der Waals surface area contributed by atoms with Gasteiger partial charge in [0.1, 0.15) is 11.5 Å². The molecule has 0 saturated carbocycles. The fourth-order valence-electron chi connectivity index (χ4n) is 1.94. The molecule has 23 heavy (non-hydrogen) atoms. The van der Waals surface area contributed by atoms with E-state index in [1.54, 1.807) is 12.1 Å². The molecule has 0 atom stereocenters. The first-order chi connectivity index (χ1) is 11.0. The maximum Gasteiger partial charge on any atom is 0.355 e. The standard InChI is InChI=1S/C15H17N3O5/c1-9-3-5-12(22-2)11(7-9)16-14(20)8-23-15(21)10-4-6-13(19)18-17-10/h3,5,7H,4,6,8H2,1-2H3,(H,16,20)(H,18,19). The van der Waals surface area contributed by atoms with Crippen molar-refractivity contribution in [3.63, 3.8) is 0 Å². The first-order valence-electron chi connectivity index (χ1n) is 6.96. The molecule has 1 aromatic rings. The molecule has 1 aliphatic rings. The Bertz CT molecular complexity index is 669. The number of aryl methyl sites for hydroxylation is 1. The molecule has 1 aliphatic heterocycles. The van der Waals surface area contributed by atoms with Gasteiger partial charge < -0.3 is 14.8 Å². The zero-order chi connectivity index (χ0) is 16.8. The molecular formula is C15H17N3O5. The Morgan fingerprint density at radius 3 is 2.78 bits per heavy atom. The molecule has 0 bridgehead atoms. The van der Waals surface area contributed by atoms with Crippen molar-refractivity contribution in [3.8, 4) is 5.75 Å². The molecule has 1 heterocycles. The number of hydrogen-bond donors (Lipinski definition) is 2. The van der Waals surface area contributed by atoms with Crippen molar-refractivity contribution in [2.45, 2.75) is 19.8 Å². The molecule has 0 saturated heterocycles. The summed E-state index contributed by atoms with van der Waals surface area (Å²) >= 11 is 0. The van der Waals surface area contributed by atoms with Gasteiger partial charge in [0, 0.05) is 12.8 Å². The van der Waals surface area contributed by atoms with Gasteiger partial charge in [-0.3, -0.25) is 9.59 Å².